The van der Waals surface area contributed by atoms with Gasteiger partial charge in [-0.25, -0.2) is 4.57 Å². The van der Waals surface area contributed by atoms with Crippen LogP contribution in [0.3, 0.4) is 0 Å². The van der Waals surface area contributed by atoms with E-state index in [9.17, 15) is 9.67 Å². The molecule has 26 heavy (non-hydrogen) atoms. The van der Waals surface area contributed by atoms with Crippen LogP contribution in [0.15, 0.2) is 12.1 Å². The van der Waals surface area contributed by atoms with Crippen LogP contribution in [0, 0.1) is 0 Å². The molecule has 0 aliphatic heterocycles. The Morgan fingerprint density at radius 3 is 2.35 bits per heavy atom. The van der Waals surface area contributed by atoms with Crippen molar-refractivity contribution in [2.24, 2.45) is 0 Å². The van der Waals surface area contributed by atoms with E-state index >= 15 is 0 Å². The molecule has 1 aromatic carbocycles. The van der Waals surface area contributed by atoms with Gasteiger partial charge in [-0.05, 0) is 30.4 Å². The largest absolute Gasteiger partial charge is 0.469 e. The normalized spacial score (nSPS) is 13.1. The fourth-order valence-electron chi connectivity index (χ4n) is 3.22. The number of aryl methyl sites for hydroxylation is 1. The summed E-state index contributed by atoms with van der Waals surface area (Å²) in [4.78, 5) is 17.8. The quantitative estimate of drug-likeness (QED) is 0.228. The van der Waals surface area contributed by atoms with Gasteiger partial charge in [0.05, 0.1) is 13.2 Å². The van der Waals surface area contributed by atoms with E-state index in [0.717, 1.165) is 24.0 Å². The summed E-state index contributed by atoms with van der Waals surface area (Å²) in [5.74, 6) is -0.227. The van der Waals surface area contributed by atoms with E-state index in [4.69, 9.17) is 15.5 Å². The zero-order chi connectivity index (χ0) is 19.6. The number of anilines is 1. The van der Waals surface area contributed by atoms with Crippen molar-refractivity contribution in [3.63, 3.8) is 0 Å². The van der Waals surface area contributed by atoms with Crippen molar-refractivity contribution in [3.05, 3.63) is 28.8 Å². The minimum Gasteiger partial charge on any atom is -0.398 e. The monoisotopic (exact) mass is 387 g/mol. The Balaban J connectivity index is 2.79. The highest BCUT2D eigenvalue weighted by Gasteiger charge is 2.22. The Morgan fingerprint density at radius 2 is 1.77 bits per heavy atom. The Hall–Kier alpha value is -0.910. The maximum atomic E-state index is 11.0. The number of phosphoric acid groups is 1. The standard InChI is InChI=1S/C19H34NO5P/c1-3-5-6-7-8-9-10-16-11-12-17(18(13-21)19(16)20)15(4-2)14-25-26(22,23)24/h11-12,15,21H,3-10,13-14,20H2,1-2H3,(H2,22,23,24). The summed E-state index contributed by atoms with van der Waals surface area (Å²) in [7, 11) is -4.52. The van der Waals surface area contributed by atoms with Crippen LogP contribution in [0.1, 0.15) is 81.4 Å². The molecule has 0 radical (unpaired) electrons. The Bertz CT molecular complexity index is 588. The first-order chi connectivity index (χ1) is 12.3. The molecular formula is C19H34NO5P. The Kier molecular flexibility index (Phi) is 10.4. The van der Waals surface area contributed by atoms with E-state index in [1.165, 1.54) is 32.1 Å². The highest BCUT2D eigenvalue weighted by Crippen LogP contribution is 2.39. The van der Waals surface area contributed by atoms with Gasteiger partial charge in [0.25, 0.3) is 0 Å². The van der Waals surface area contributed by atoms with Crippen LogP contribution in [0.5, 0.6) is 0 Å². The molecule has 0 aliphatic rings. The van der Waals surface area contributed by atoms with Gasteiger partial charge >= 0.3 is 7.82 Å². The van der Waals surface area contributed by atoms with Crippen molar-refractivity contribution < 1.29 is 24.0 Å². The lowest BCUT2D eigenvalue weighted by Gasteiger charge is -2.21. The fourth-order valence-corrected chi connectivity index (χ4v) is 3.59. The average molecular weight is 387 g/mol. The van der Waals surface area contributed by atoms with Gasteiger partial charge in [0.15, 0.2) is 0 Å². The summed E-state index contributed by atoms with van der Waals surface area (Å²) in [6, 6.07) is 3.88. The van der Waals surface area contributed by atoms with E-state index in [0.29, 0.717) is 17.7 Å². The molecule has 5 N–H and O–H groups in total. The molecule has 0 aliphatic carbocycles. The third-order valence-electron chi connectivity index (χ3n) is 4.82. The minimum atomic E-state index is -4.52. The topological polar surface area (TPSA) is 113 Å². The van der Waals surface area contributed by atoms with Crippen LogP contribution in [-0.4, -0.2) is 21.5 Å². The van der Waals surface area contributed by atoms with Gasteiger partial charge in [-0.3, -0.25) is 4.52 Å². The first kappa shape index (κ1) is 23.1. The highest BCUT2D eigenvalue weighted by molar-refractivity contribution is 7.46. The summed E-state index contributed by atoms with van der Waals surface area (Å²) in [5.41, 5.74) is 9.34. The summed E-state index contributed by atoms with van der Waals surface area (Å²) < 4.78 is 15.6. The Morgan fingerprint density at radius 1 is 1.12 bits per heavy atom. The smallest absolute Gasteiger partial charge is 0.398 e. The van der Waals surface area contributed by atoms with E-state index in [2.05, 4.69) is 11.4 Å². The van der Waals surface area contributed by atoms with Crippen LogP contribution >= 0.6 is 7.82 Å². The summed E-state index contributed by atoms with van der Waals surface area (Å²) in [6.45, 7) is 3.81. The van der Waals surface area contributed by atoms with Gasteiger partial charge in [-0.15, -0.1) is 0 Å². The van der Waals surface area contributed by atoms with Crippen molar-refractivity contribution in [3.8, 4) is 0 Å². The molecule has 150 valence electrons. The van der Waals surface area contributed by atoms with Gasteiger partial charge in [0.2, 0.25) is 0 Å². The number of nitrogen functional groups attached to an aromatic ring is 1. The molecular weight excluding hydrogens is 353 g/mol. The lowest BCUT2D eigenvalue weighted by Crippen LogP contribution is -2.12. The van der Waals surface area contributed by atoms with E-state index in [-0.39, 0.29) is 19.1 Å². The molecule has 7 heteroatoms. The summed E-state index contributed by atoms with van der Waals surface area (Å²) >= 11 is 0. The predicted octanol–water partition coefficient (Wildman–Crippen LogP) is 4.27. The number of aliphatic hydroxyl groups excluding tert-OH is 1. The van der Waals surface area contributed by atoms with E-state index in [1.807, 2.05) is 19.1 Å². The van der Waals surface area contributed by atoms with Gasteiger partial charge in [-0.2, -0.15) is 0 Å². The Labute approximate surface area is 157 Å². The van der Waals surface area contributed by atoms with Crippen LogP contribution in [0.4, 0.5) is 5.69 Å². The maximum absolute atomic E-state index is 11.0. The van der Waals surface area contributed by atoms with Gasteiger partial charge in [0, 0.05) is 17.2 Å². The zero-order valence-electron chi connectivity index (χ0n) is 16.0. The molecule has 0 heterocycles. The van der Waals surface area contributed by atoms with Crippen molar-refractivity contribution in [1.82, 2.24) is 0 Å². The molecule has 0 aromatic heterocycles. The van der Waals surface area contributed by atoms with E-state index < -0.39 is 7.82 Å². The molecule has 0 saturated carbocycles. The second-order valence-electron chi connectivity index (χ2n) is 6.77. The number of benzene rings is 1. The molecule has 6 nitrogen and oxygen atoms in total. The fraction of sp³-hybridized carbons (Fsp3) is 0.684. The number of hydrogen-bond donors (Lipinski definition) is 4. The molecule has 1 unspecified atom stereocenters. The number of aliphatic hydroxyl groups is 1. The molecule has 0 spiro atoms. The summed E-state index contributed by atoms with van der Waals surface area (Å²) in [6.07, 6.45) is 8.75. The molecule has 0 amide bonds. The maximum Gasteiger partial charge on any atom is 0.469 e. The second kappa shape index (κ2) is 11.7. The predicted molar refractivity (Wildman–Crippen MR) is 105 cm³/mol. The minimum absolute atomic E-state index is 0.107. The molecule has 0 bridgehead atoms. The van der Waals surface area contributed by atoms with Crippen LogP contribution in [-0.2, 0) is 22.1 Å². The van der Waals surface area contributed by atoms with Gasteiger partial charge < -0.3 is 20.6 Å². The van der Waals surface area contributed by atoms with Crippen molar-refractivity contribution in [2.75, 3.05) is 12.3 Å². The molecule has 1 aromatic rings. The lowest BCUT2D eigenvalue weighted by atomic mass is 9.89. The van der Waals surface area contributed by atoms with E-state index in [1.54, 1.807) is 0 Å². The number of phosphoric ester groups is 1. The number of nitrogens with two attached hydrogens (primary N) is 1. The molecule has 0 saturated heterocycles. The average Bonchev–Trinajstić information content (AvgIpc) is 2.59. The number of unbranched alkanes of at least 4 members (excludes halogenated alkanes) is 5. The van der Waals surface area contributed by atoms with Crippen molar-refractivity contribution in [1.29, 1.82) is 0 Å². The van der Waals surface area contributed by atoms with Crippen LogP contribution in [0.2, 0.25) is 0 Å². The SMILES string of the molecule is CCCCCCCCc1ccc(C(CC)COP(=O)(O)O)c(CO)c1N. The zero-order valence-corrected chi connectivity index (χ0v) is 16.9. The first-order valence-corrected chi connectivity index (χ1v) is 11.1. The van der Waals surface area contributed by atoms with Crippen molar-refractivity contribution in [2.45, 2.75) is 77.7 Å². The second-order valence-corrected chi connectivity index (χ2v) is 8.01. The summed E-state index contributed by atoms with van der Waals surface area (Å²) in [5, 5.41) is 9.79. The third kappa shape index (κ3) is 7.77. The lowest BCUT2D eigenvalue weighted by molar-refractivity contribution is 0.183. The molecule has 1 atom stereocenters. The number of hydrogen-bond acceptors (Lipinski definition) is 4. The molecule has 1 rings (SSSR count). The van der Waals surface area contributed by atoms with Gasteiger partial charge in [0.1, 0.15) is 0 Å². The van der Waals surface area contributed by atoms with Crippen LogP contribution < -0.4 is 5.73 Å². The first-order valence-electron chi connectivity index (χ1n) is 9.55. The van der Waals surface area contributed by atoms with Crippen LogP contribution in [0.25, 0.3) is 0 Å². The highest BCUT2D eigenvalue weighted by atomic mass is 31.2. The van der Waals surface area contributed by atoms with Gasteiger partial charge in [-0.1, -0.05) is 58.1 Å². The third-order valence-corrected chi connectivity index (χ3v) is 5.30. The molecule has 0 fully saturated rings. The number of rotatable bonds is 13. The van der Waals surface area contributed by atoms with Crippen molar-refractivity contribution >= 4 is 13.5 Å².